The van der Waals surface area contributed by atoms with Crippen molar-refractivity contribution in [2.75, 3.05) is 12.8 Å². The number of fused-ring (bicyclic) bond motifs is 1. The molecule has 170 valence electrons. The summed E-state index contributed by atoms with van der Waals surface area (Å²) in [4.78, 5) is 64.6. The number of ketones is 1. The molecular weight excluding hydrogens is 436 g/mol. The van der Waals surface area contributed by atoms with E-state index >= 15 is 0 Å². The van der Waals surface area contributed by atoms with Crippen molar-refractivity contribution in [3.05, 3.63) is 0 Å². The molecule has 2 fully saturated rings. The number of aliphatic carboxylic acids is 1. The number of nitrogens with one attached hydrogen (secondary N) is 3. The Balaban J connectivity index is 2.55. The Morgan fingerprint density at radius 3 is 2.48 bits per heavy atom. The first kappa shape index (κ1) is 24.1. The van der Waals surface area contributed by atoms with Crippen LogP contribution < -0.4 is 10.0 Å². The Labute approximate surface area is 177 Å². The second-order valence-electron chi connectivity index (χ2n) is 7.20. The molecule has 2 rings (SSSR count). The van der Waals surface area contributed by atoms with E-state index in [0.29, 0.717) is 6.21 Å². The molecule has 0 aliphatic carbocycles. The van der Waals surface area contributed by atoms with Gasteiger partial charge in [-0.15, -0.1) is 0 Å². The predicted molar refractivity (Wildman–Crippen MR) is 101 cm³/mol. The minimum atomic E-state index is -4.12. The Morgan fingerprint density at radius 1 is 1.26 bits per heavy atom. The van der Waals surface area contributed by atoms with E-state index in [4.69, 9.17) is 10.6 Å². The van der Waals surface area contributed by atoms with Crippen molar-refractivity contribution in [2.45, 2.75) is 50.2 Å². The summed E-state index contributed by atoms with van der Waals surface area (Å²) in [5.41, 5.74) is 4.46. The van der Waals surface area contributed by atoms with Crippen LogP contribution in [0.5, 0.6) is 0 Å². The van der Waals surface area contributed by atoms with Crippen LogP contribution in [0.4, 0.5) is 0 Å². The van der Waals surface area contributed by atoms with Crippen LogP contribution in [0.15, 0.2) is 0 Å². The molecule has 3 amide bonds. The highest BCUT2D eigenvalue weighted by Gasteiger charge is 2.55. The van der Waals surface area contributed by atoms with Gasteiger partial charge in [0.25, 0.3) is 11.7 Å². The Hall–Kier alpha value is -3.16. The molecule has 2 aliphatic rings. The molecule has 4 N–H and O–H groups in total. The number of nitrogens with zero attached hydrogens (tertiary/aromatic N) is 3. The van der Waals surface area contributed by atoms with Crippen molar-refractivity contribution < 1.29 is 42.3 Å². The van der Waals surface area contributed by atoms with Crippen LogP contribution in [-0.4, -0.2) is 88.5 Å². The number of amides is 3. The first-order valence-corrected chi connectivity index (χ1v) is 11.2. The molecule has 2 saturated heterocycles. The standard InChI is InChI=1S/C16H22N6O8S/c1-31(29,30)20-16(15(28)19-10(8-14(26)27)11(23)9-18-17)6-3-7-21-12(24)4-2-5-13(25)22(16)21/h9-10,17,20H,2-8H2,1H3,(H-,19,26,27,28)/p+1. The van der Waals surface area contributed by atoms with Gasteiger partial charge in [0.15, 0.2) is 0 Å². The number of rotatable bonds is 8. The van der Waals surface area contributed by atoms with E-state index in [-0.39, 0.29) is 38.6 Å². The fourth-order valence-electron chi connectivity index (χ4n) is 3.59. The lowest BCUT2D eigenvalue weighted by Crippen LogP contribution is -2.76. The largest absolute Gasteiger partial charge is 0.481 e. The van der Waals surface area contributed by atoms with Gasteiger partial charge in [-0.1, -0.05) is 0 Å². The minimum Gasteiger partial charge on any atom is -0.481 e. The van der Waals surface area contributed by atoms with E-state index < -0.39 is 57.6 Å². The number of carbonyl (C=O) groups excluding carboxylic acids is 4. The van der Waals surface area contributed by atoms with E-state index in [1.165, 1.54) is 0 Å². The van der Waals surface area contributed by atoms with Crippen molar-refractivity contribution in [3.63, 3.8) is 0 Å². The van der Waals surface area contributed by atoms with Crippen LogP contribution in [0.2, 0.25) is 0 Å². The highest BCUT2D eigenvalue weighted by molar-refractivity contribution is 7.88. The second kappa shape index (κ2) is 9.32. The molecule has 0 aromatic carbocycles. The zero-order valence-corrected chi connectivity index (χ0v) is 17.5. The maximum absolute atomic E-state index is 13.3. The first-order valence-electron chi connectivity index (χ1n) is 9.30. The fourth-order valence-corrected chi connectivity index (χ4v) is 4.49. The third kappa shape index (κ3) is 5.51. The summed E-state index contributed by atoms with van der Waals surface area (Å²) in [6.07, 6.45) is 0.434. The number of carbonyl (C=O) groups is 5. The third-order valence-corrected chi connectivity index (χ3v) is 5.47. The average molecular weight is 459 g/mol. The molecule has 15 heteroatoms. The Kier molecular flexibility index (Phi) is 7.25. The molecule has 0 saturated carbocycles. The Bertz CT molecular complexity index is 959. The molecule has 2 heterocycles. The van der Waals surface area contributed by atoms with Gasteiger partial charge in [-0.3, -0.25) is 24.0 Å². The maximum atomic E-state index is 13.3. The van der Waals surface area contributed by atoms with Gasteiger partial charge in [0.05, 0.1) is 23.0 Å². The molecule has 0 radical (unpaired) electrons. The summed E-state index contributed by atoms with van der Waals surface area (Å²) in [5.74, 6) is -4.79. The molecule has 0 bridgehead atoms. The molecule has 0 spiro atoms. The van der Waals surface area contributed by atoms with Crippen molar-refractivity contribution >= 4 is 45.7 Å². The van der Waals surface area contributed by atoms with Crippen molar-refractivity contribution in [2.24, 2.45) is 0 Å². The number of Topliss-reactive ketones (excluding diaryl/α,β-unsaturated/α-hetero) is 1. The monoisotopic (exact) mass is 459 g/mol. The predicted octanol–water partition coefficient (Wildman–Crippen LogP) is -2.38. The van der Waals surface area contributed by atoms with Crippen molar-refractivity contribution in [3.8, 4) is 0 Å². The van der Waals surface area contributed by atoms with Crippen LogP contribution >= 0.6 is 0 Å². The topological polar surface area (TPSA) is 208 Å². The van der Waals surface area contributed by atoms with Gasteiger partial charge >= 0.3 is 12.2 Å². The molecule has 2 atom stereocenters. The number of hydrazine groups is 1. The summed E-state index contributed by atoms with van der Waals surface area (Å²) >= 11 is 0. The van der Waals surface area contributed by atoms with Gasteiger partial charge in [0.1, 0.15) is 6.04 Å². The number of hydrogen-bond donors (Lipinski definition) is 4. The van der Waals surface area contributed by atoms with Gasteiger partial charge < -0.3 is 10.4 Å². The second-order valence-corrected chi connectivity index (χ2v) is 8.95. The van der Waals surface area contributed by atoms with Crippen molar-refractivity contribution in [1.29, 1.82) is 5.53 Å². The molecule has 2 unspecified atom stereocenters. The smallest absolute Gasteiger partial charge is 0.374 e. The lowest BCUT2D eigenvalue weighted by atomic mass is 9.98. The highest BCUT2D eigenvalue weighted by atomic mass is 32.2. The average Bonchev–Trinajstić information content (AvgIpc) is 2.79. The number of hydrogen-bond acceptors (Lipinski definition) is 8. The van der Waals surface area contributed by atoms with Crippen LogP contribution in [0, 0.1) is 5.53 Å². The first-order chi connectivity index (χ1) is 14.4. The van der Waals surface area contributed by atoms with Gasteiger partial charge in [0, 0.05) is 19.4 Å². The number of carboxylic acid groups (broad SMARTS) is 1. The lowest BCUT2D eigenvalue weighted by molar-refractivity contribution is -0.190. The van der Waals surface area contributed by atoms with Crippen LogP contribution in [-0.2, 0) is 34.0 Å². The summed E-state index contributed by atoms with van der Waals surface area (Å²) in [7, 11) is -4.12. The highest BCUT2D eigenvalue weighted by Crippen LogP contribution is 2.32. The molecule has 31 heavy (non-hydrogen) atoms. The summed E-state index contributed by atoms with van der Waals surface area (Å²) in [6, 6.07) is -1.68. The summed E-state index contributed by atoms with van der Waals surface area (Å²) in [5, 5.41) is 13.0. The van der Waals surface area contributed by atoms with Crippen LogP contribution in [0.3, 0.4) is 0 Å². The number of sulfonamides is 1. The van der Waals surface area contributed by atoms with Gasteiger partial charge in [-0.2, -0.15) is 4.72 Å². The quantitative estimate of drug-likeness (QED) is 0.174. The zero-order chi connectivity index (χ0) is 23.4. The van der Waals surface area contributed by atoms with E-state index in [0.717, 1.165) is 16.3 Å². The summed E-state index contributed by atoms with van der Waals surface area (Å²) in [6.45, 7) is 0.0774. The molecule has 14 nitrogen and oxygen atoms in total. The molecular formula is C16H23N6O8S+. The van der Waals surface area contributed by atoms with Gasteiger partial charge in [-0.25, -0.2) is 18.4 Å². The Morgan fingerprint density at radius 2 is 1.90 bits per heavy atom. The van der Waals surface area contributed by atoms with E-state index in [9.17, 15) is 32.4 Å². The van der Waals surface area contributed by atoms with E-state index in [2.05, 4.69) is 14.8 Å². The van der Waals surface area contributed by atoms with E-state index in [1.807, 2.05) is 0 Å². The summed E-state index contributed by atoms with van der Waals surface area (Å²) < 4.78 is 26.4. The fraction of sp³-hybridized carbons (Fsp3) is 0.625. The maximum Gasteiger partial charge on any atom is 0.374 e. The van der Waals surface area contributed by atoms with Crippen LogP contribution in [0.25, 0.3) is 0 Å². The van der Waals surface area contributed by atoms with E-state index in [1.54, 1.807) is 0 Å². The third-order valence-electron chi connectivity index (χ3n) is 4.77. The molecule has 2 aliphatic heterocycles. The van der Waals surface area contributed by atoms with Gasteiger partial charge in [0.2, 0.25) is 27.5 Å². The minimum absolute atomic E-state index is 0.0267. The lowest BCUT2D eigenvalue weighted by Gasteiger charge is -2.50. The SMILES string of the molecule is CS(=O)(=O)NC1(C(=O)NC(CC(=O)O)C(=O)C=[N+]=N)CCCN2C(=O)CCCC(=O)N21. The van der Waals surface area contributed by atoms with Crippen molar-refractivity contribution in [1.82, 2.24) is 20.1 Å². The number of carboxylic acids is 1. The van der Waals surface area contributed by atoms with Gasteiger partial charge in [-0.05, 0) is 19.3 Å². The normalized spacial score (nSPS) is 22.6. The molecule has 0 aromatic heterocycles. The molecule has 0 aromatic rings. The van der Waals surface area contributed by atoms with Crippen LogP contribution in [0.1, 0.15) is 38.5 Å². The zero-order valence-electron chi connectivity index (χ0n) is 16.7.